The Morgan fingerprint density at radius 1 is 0.931 bits per heavy atom. The van der Waals surface area contributed by atoms with Gasteiger partial charge in [0, 0.05) is 24.3 Å². The third-order valence-electron chi connectivity index (χ3n) is 2.90. The maximum Gasteiger partial charge on any atom is 1.00 e. The van der Waals surface area contributed by atoms with Gasteiger partial charge in [-0.1, -0.05) is 0 Å². The molecule has 0 heterocycles. The largest absolute Gasteiger partial charge is 1.00 e. The standard InChI is InChI=1S/C7H4FN3O2.C7H5N3O3.Na.2H2O/c8-5-2-6(10)7(11(12)13)1-4(5)3-9;8-3-4-1-6(10(12)13)5(9)2-7(4)11;;;/h1-2H,10H2;1-2,11H,9H2;;2*1H2/q;;+1;;/p-1. The van der Waals surface area contributed by atoms with Crippen molar-refractivity contribution in [3.63, 3.8) is 0 Å². The van der Waals surface area contributed by atoms with E-state index in [4.69, 9.17) is 27.1 Å². The molecule has 0 spiro atoms. The van der Waals surface area contributed by atoms with Gasteiger partial charge in [-0.15, -0.1) is 0 Å². The molecule has 0 fully saturated rings. The molecule has 0 amide bonds. The van der Waals surface area contributed by atoms with Gasteiger partial charge in [0.05, 0.1) is 15.4 Å². The van der Waals surface area contributed by atoms with Crippen LogP contribution in [0.2, 0.25) is 0 Å². The molecule has 8 N–H and O–H groups in total. The Bertz CT molecular complexity index is 910. The summed E-state index contributed by atoms with van der Waals surface area (Å²) in [5.74, 6) is -1.21. The molecule has 0 unspecified atom stereocenters. The van der Waals surface area contributed by atoms with Gasteiger partial charge in [-0.3, -0.25) is 20.2 Å². The molecule has 0 saturated heterocycles. The summed E-state index contributed by atoms with van der Waals surface area (Å²) in [6, 6.07) is 6.58. The zero-order valence-corrected chi connectivity index (χ0v) is 16.7. The number of phenols is 1. The Hall–Kier alpha value is -3.53. The van der Waals surface area contributed by atoms with Gasteiger partial charge in [-0.05, 0) is 0 Å². The molecule has 15 heteroatoms. The molecule has 29 heavy (non-hydrogen) atoms. The summed E-state index contributed by atoms with van der Waals surface area (Å²) in [6.07, 6.45) is 0. The number of nitrogen functional groups attached to an aromatic ring is 2. The number of hydrogen-bond donors (Lipinski definition) is 3. The first kappa shape index (κ1) is 30.2. The smallest absolute Gasteiger partial charge is 0.870 e. The van der Waals surface area contributed by atoms with Crippen molar-refractivity contribution < 1.29 is 59.9 Å². The topological polar surface area (TPSA) is 268 Å². The molecule has 0 bridgehead atoms. The number of nitrogens with zero attached hydrogens (tertiary/aromatic N) is 4. The number of nitro benzene ring substituents is 2. The molecule has 0 radical (unpaired) electrons. The summed E-state index contributed by atoms with van der Waals surface area (Å²) >= 11 is 0. The Labute approximate surface area is 183 Å². The van der Waals surface area contributed by atoms with E-state index in [1.165, 1.54) is 6.07 Å². The van der Waals surface area contributed by atoms with Gasteiger partial charge in [-0.25, -0.2) is 4.39 Å². The minimum Gasteiger partial charge on any atom is -0.870 e. The number of benzene rings is 2. The molecular formula is C14H12FN6NaO7. The number of nitro groups is 2. The average Bonchev–Trinajstić information content (AvgIpc) is 2.55. The van der Waals surface area contributed by atoms with Gasteiger partial charge in [0.2, 0.25) is 0 Å². The normalized spacial score (nSPS) is 8.24. The van der Waals surface area contributed by atoms with E-state index < -0.39 is 21.4 Å². The van der Waals surface area contributed by atoms with Crippen LogP contribution in [0.3, 0.4) is 0 Å². The first-order chi connectivity index (χ1) is 12.1. The van der Waals surface area contributed by atoms with Crippen molar-refractivity contribution >= 4 is 22.7 Å². The van der Waals surface area contributed by atoms with Crippen molar-refractivity contribution in [1.82, 2.24) is 0 Å². The predicted octanol–water partition coefficient (Wildman–Crippen LogP) is -2.06. The van der Waals surface area contributed by atoms with Gasteiger partial charge >= 0.3 is 29.6 Å². The summed E-state index contributed by atoms with van der Waals surface area (Å²) < 4.78 is 12.8. The van der Waals surface area contributed by atoms with E-state index in [1.54, 1.807) is 6.07 Å². The van der Waals surface area contributed by atoms with Gasteiger partial charge in [0.25, 0.3) is 11.4 Å². The van der Waals surface area contributed by atoms with Crippen LogP contribution >= 0.6 is 0 Å². The molecule has 2 rings (SSSR count). The van der Waals surface area contributed by atoms with Crippen LogP contribution in [-0.2, 0) is 0 Å². The van der Waals surface area contributed by atoms with E-state index in [1.807, 2.05) is 0 Å². The molecule has 0 atom stereocenters. The molecule has 148 valence electrons. The fraction of sp³-hybridized carbons (Fsp3) is 0. The van der Waals surface area contributed by atoms with Crippen LogP contribution in [0.1, 0.15) is 11.1 Å². The minimum absolute atomic E-state index is 0. The summed E-state index contributed by atoms with van der Waals surface area (Å²) in [6.45, 7) is 0. The second-order valence-electron chi connectivity index (χ2n) is 4.56. The van der Waals surface area contributed by atoms with Crippen molar-refractivity contribution in [2.75, 3.05) is 11.5 Å². The number of aromatic hydroxyl groups is 1. The predicted molar refractivity (Wildman–Crippen MR) is 91.6 cm³/mol. The van der Waals surface area contributed by atoms with Crippen LogP contribution in [0.5, 0.6) is 5.75 Å². The van der Waals surface area contributed by atoms with Crippen molar-refractivity contribution in [1.29, 1.82) is 10.5 Å². The second-order valence-corrected chi connectivity index (χ2v) is 4.56. The molecule has 0 saturated carbocycles. The van der Waals surface area contributed by atoms with Crippen molar-refractivity contribution in [2.24, 2.45) is 0 Å². The van der Waals surface area contributed by atoms with Crippen LogP contribution in [-0.4, -0.2) is 25.9 Å². The third kappa shape index (κ3) is 7.54. The Morgan fingerprint density at radius 2 is 1.31 bits per heavy atom. The van der Waals surface area contributed by atoms with Gasteiger partial charge < -0.3 is 27.5 Å². The van der Waals surface area contributed by atoms with E-state index in [0.717, 1.165) is 24.3 Å². The Morgan fingerprint density at radius 3 is 1.69 bits per heavy atom. The molecule has 0 aliphatic carbocycles. The number of rotatable bonds is 2. The van der Waals surface area contributed by atoms with E-state index in [-0.39, 0.29) is 74.4 Å². The van der Waals surface area contributed by atoms with Crippen molar-refractivity contribution in [3.05, 3.63) is 61.4 Å². The first-order valence-corrected chi connectivity index (χ1v) is 6.42. The van der Waals surface area contributed by atoms with Crippen LogP contribution in [0.25, 0.3) is 0 Å². The van der Waals surface area contributed by atoms with Crippen LogP contribution in [0.15, 0.2) is 24.3 Å². The maximum absolute atomic E-state index is 12.8. The summed E-state index contributed by atoms with van der Waals surface area (Å²) in [7, 11) is 0. The van der Waals surface area contributed by atoms with Gasteiger partial charge in [0.1, 0.15) is 40.6 Å². The molecule has 2 aromatic rings. The third-order valence-corrected chi connectivity index (χ3v) is 2.90. The fourth-order valence-electron chi connectivity index (χ4n) is 1.66. The Balaban J connectivity index is -0.000000422. The van der Waals surface area contributed by atoms with Crippen LogP contribution in [0, 0.1) is 48.7 Å². The molecular weight excluding hydrogens is 406 g/mol. The second kappa shape index (κ2) is 12.8. The quantitative estimate of drug-likeness (QED) is 0.208. The van der Waals surface area contributed by atoms with Crippen molar-refractivity contribution in [2.45, 2.75) is 0 Å². The van der Waals surface area contributed by atoms with Crippen molar-refractivity contribution in [3.8, 4) is 17.9 Å². The number of halogens is 1. The zero-order valence-electron chi connectivity index (χ0n) is 14.7. The summed E-state index contributed by atoms with van der Waals surface area (Å²) in [5.41, 5.74) is 8.54. The van der Waals surface area contributed by atoms with E-state index in [2.05, 4.69) is 0 Å². The zero-order chi connectivity index (χ0) is 20.0. The van der Waals surface area contributed by atoms with E-state index in [9.17, 15) is 24.6 Å². The molecule has 13 nitrogen and oxygen atoms in total. The molecule has 0 aliphatic rings. The fourth-order valence-corrected chi connectivity index (χ4v) is 1.66. The Kier molecular flexibility index (Phi) is 13.3. The minimum atomic E-state index is -0.856. The monoisotopic (exact) mass is 418 g/mol. The molecule has 2 aromatic carbocycles. The van der Waals surface area contributed by atoms with Gasteiger partial charge in [0.15, 0.2) is 0 Å². The maximum atomic E-state index is 12.8. The SMILES string of the molecule is N#Cc1cc([N+](=O)[O-])c(N)cc1F.N#Cc1cc([N+](=O)[O-])c(N)cc1O.O.[Na+].[OH-]. The van der Waals surface area contributed by atoms with Gasteiger partial charge in [-0.2, -0.15) is 10.5 Å². The average molecular weight is 418 g/mol. The van der Waals surface area contributed by atoms with Crippen LogP contribution in [0.4, 0.5) is 27.1 Å². The first-order valence-electron chi connectivity index (χ1n) is 6.42. The number of nitrogens with two attached hydrogens (primary N) is 2. The summed E-state index contributed by atoms with van der Waals surface area (Å²) in [5, 5.41) is 46.5. The number of hydrogen-bond acceptors (Lipinski definition) is 10. The summed E-state index contributed by atoms with van der Waals surface area (Å²) in [4.78, 5) is 19.1. The molecule has 0 aromatic heterocycles. The molecule has 0 aliphatic heterocycles. The van der Waals surface area contributed by atoms with Crippen LogP contribution < -0.4 is 41.0 Å². The van der Waals surface area contributed by atoms with E-state index >= 15 is 0 Å². The number of anilines is 2. The number of phenolic OH excluding ortho intramolecular Hbond substituents is 1. The van der Waals surface area contributed by atoms with E-state index in [0.29, 0.717) is 0 Å². The number of nitriles is 2.